The number of morpholine rings is 1. The summed E-state index contributed by atoms with van der Waals surface area (Å²) in [4.78, 5) is 15.0. The minimum atomic E-state index is -0.279. The van der Waals surface area contributed by atoms with Gasteiger partial charge in [-0.05, 0) is 55.7 Å². The number of nitrogens with zero attached hydrogens (tertiary/aromatic N) is 4. The van der Waals surface area contributed by atoms with E-state index >= 15 is 0 Å². The number of nitrogens with one attached hydrogen (secondary N) is 1. The smallest absolute Gasteiger partial charge is 0.230 e. The highest BCUT2D eigenvalue weighted by Crippen LogP contribution is 2.25. The molecule has 180 valence electrons. The fraction of sp³-hybridized carbons (Fsp3) is 0.400. The molecule has 34 heavy (non-hydrogen) atoms. The Balaban J connectivity index is 1.42. The van der Waals surface area contributed by atoms with Crippen molar-refractivity contribution in [3.63, 3.8) is 0 Å². The van der Waals surface area contributed by atoms with Crippen LogP contribution in [0.1, 0.15) is 28.6 Å². The largest absolute Gasteiger partial charge is 0.379 e. The minimum Gasteiger partial charge on any atom is -0.379 e. The first-order valence-electron chi connectivity index (χ1n) is 11.4. The van der Waals surface area contributed by atoms with E-state index in [0.717, 1.165) is 41.3 Å². The van der Waals surface area contributed by atoms with E-state index in [1.165, 1.54) is 23.9 Å². The van der Waals surface area contributed by atoms with Crippen LogP contribution in [0.5, 0.6) is 0 Å². The van der Waals surface area contributed by atoms with Crippen LogP contribution in [0.3, 0.4) is 0 Å². The van der Waals surface area contributed by atoms with Crippen molar-refractivity contribution in [1.82, 2.24) is 25.0 Å². The average molecular weight is 484 g/mol. The molecule has 1 unspecified atom stereocenters. The summed E-state index contributed by atoms with van der Waals surface area (Å²) in [5.74, 6) is 0.601. The van der Waals surface area contributed by atoms with E-state index < -0.39 is 0 Å². The number of carbonyl (C=O) groups is 1. The molecular weight excluding hydrogens is 453 g/mol. The molecule has 1 atom stereocenters. The zero-order chi connectivity index (χ0) is 24.1. The molecule has 1 saturated heterocycles. The average Bonchev–Trinajstić information content (AvgIpc) is 3.20. The van der Waals surface area contributed by atoms with Gasteiger partial charge in [-0.3, -0.25) is 14.3 Å². The lowest BCUT2D eigenvalue weighted by atomic mass is 10.0. The first-order valence-corrected chi connectivity index (χ1v) is 12.4. The van der Waals surface area contributed by atoms with Crippen molar-refractivity contribution in [3.8, 4) is 5.69 Å². The normalized spacial score (nSPS) is 15.3. The van der Waals surface area contributed by atoms with Gasteiger partial charge in [0.1, 0.15) is 11.6 Å². The van der Waals surface area contributed by atoms with Crippen molar-refractivity contribution in [2.75, 3.05) is 38.6 Å². The van der Waals surface area contributed by atoms with Crippen LogP contribution in [0, 0.1) is 26.6 Å². The number of aryl methyl sites for hydroxylation is 3. The standard InChI is InChI=1S/C25H30FN5O2S/c1-17-7-8-18(2)22(13-17)31-19(3)28-29-25(31)34-16-24(32)27-15-23(30-9-11-33-12-10-30)20-5-4-6-21(26)14-20/h4-8,13-14,23H,9-12,15-16H2,1-3H3,(H,27,32). The summed E-state index contributed by atoms with van der Waals surface area (Å²) >= 11 is 1.35. The first-order chi connectivity index (χ1) is 16.4. The summed E-state index contributed by atoms with van der Waals surface area (Å²) in [7, 11) is 0. The molecule has 0 saturated carbocycles. The summed E-state index contributed by atoms with van der Waals surface area (Å²) in [5.41, 5.74) is 4.13. The topological polar surface area (TPSA) is 72.3 Å². The number of halogens is 1. The molecule has 7 nitrogen and oxygen atoms in total. The number of amides is 1. The maximum atomic E-state index is 13.9. The molecule has 1 N–H and O–H groups in total. The van der Waals surface area contributed by atoms with Gasteiger partial charge in [-0.15, -0.1) is 10.2 Å². The molecule has 4 rings (SSSR count). The summed E-state index contributed by atoms with van der Waals surface area (Å²) in [5, 5.41) is 12.2. The summed E-state index contributed by atoms with van der Waals surface area (Å²) < 4.78 is 21.3. The van der Waals surface area contributed by atoms with Gasteiger partial charge in [0, 0.05) is 19.6 Å². The molecule has 0 aliphatic carbocycles. The molecule has 1 amide bonds. The van der Waals surface area contributed by atoms with Gasteiger partial charge in [0.05, 0.1) is 30.7 Å². The number of rotatable bonds is 8. The number of aromatic nitrogens is 3. The molecule has 1 aromatic heterocycles. The van der Waals surface area contributed by atoms with Gasteiger partial charge in [-0.2, -0.15) is 0 Å². The lowest BCUT2D eigenvalue weighted by Crippen LogP contribution is -2.44. The minimum absolute atomic E-state index is 0.104. The highest BCUT2D eigenvalue weighted by molar-refractivity contribution is 7.99. The molecule has 2 heterocycles. The van der Waals surface area contributed by atoms with Crippen LogP contribution in [-0.4, -0.2) is 64.2 Å². The third kappa shape index (κ3) is 5.84. The summed E-state index contributed by atoms with van der Waals surface area (Å²) in [6.07, 6.45) is 0. The monoisotopic (exact) mass is 483 g/mol. The van der Waals surface area contributed by atoms with Gasteiger partial charge >= 0.3 is 0 Å². The number of carbonyl (C=O) groups excluding carboxylic acids is 1. The van der Waals surface area contributed by atoms with Crippen LogP contribution in [0.2, 0.25) is 0 Å². The van der Waals surface area contributed by atoms with E-state index in [9.17, 15) is 9.18 Å². The molecule has 1 aliphatic rings. The second kappa shape index (κ2) is 11.1. The van der Waals surface area contributed by atoms with Gasteiger partial charge in [-0.1, -0.05) is 36.0 Å². The van der Waals surface area contributed by atoms with Crippen LogP contribution in [0.15, 0.2) is 47.6 Å². The van der Waals surface area contributed by atoms with Crippen molar-refractivity contribution in [2.24, 2.45) is 0 Å². The molecule has 0 spiro atoms. The van der Waals surface area contributed by atoms with Crippen LogP contribution in [0.4, 0.5) is 4.39 Å². The predicted molar refractivity (Wildman–Crippen MR) is 131 cm³/mol. The van der Waals surface area contributed by atoms with Crippen LogP contribution in [-0.2, 0) is 9.53 Å². The van der Waals surface area contributed by atoms with E-state index in [1.807, 2.05) is 31.4 Å². The quantitative estimate of drug-likeness (QED) is 0.494. The maximum Gasteiger partial charge on any atom is 0.230 e. The Morgan fingerprint density at radius 3 is 2.71 bits per heavy atom. The number of hydrogen-bond donors (Lipinski definition) is 1. The number of thioether (sulfide) groups is 1. The van der Waals surface area contributed by atoms with Crippen LogP contribution < -0.4 is 5.32 Å². The van der Waals surface area contributed by atoms with Gasteiger partial charge in [0.25, 0.3) is 0 Å². The van der Waals surface area contributed by atoms with Crippen molar-refractivity contribution in [3.05, 3.63) is 70.8 Å². The van der Waals surface area contributed by atoms with E-state index in [0.29, 0.717) is 24.9 Å². The summed E-state index contributed by atoms with van der Waals surface area (Å²) in [6, 6.07) is 12.7. The maximum absolute atomic E-state index is 13.9. The lowest BCUT2D eigenvalue weighted by molar-refractivity contribution is -0.118. The molecule has 9 heteroatoms. The zero-order valence-corrected chi connectivity index (χ0v) is 20.6. The Morgan fingerprint density at radius 1 is 1.15 bits per heavy atom. The third-order valence-corrected chi connectivity index (χ3v) is 6.87. The second-order valence-corrected chi connectivity index (χ2v) is 9.41. The fourth-order valence-corrected chi connectivity index (χ4v) is 4.95. The molecule has 3 aromatic rings. The Hall–Kier alpha value is -2.75. The highest BCUT2D eigenvalue weighted by atomic mass is 32.2. The summed E-state index contributed by atoms with van der Waals surface area (Å²) in [6.45, 7) is 9.14. The van der Waals surface area contributed by atoms with Crippen LogP contribution in [0.25, 0.3) is 5.69 Å². The van der Waals surface area contributed by atoms with E-state index in [1.54, 1.807) is 6.07 Å². The van der Waals surface area contributed by atoms with Crippen molar-refractivity contribution >= 4 is 17.7 Å². The Bertz CT molecular complexity index is 1150. The Labute approximate surface area is 203 Å². The second-order valence-electron chi connectivity index (χ2n) is 8.47. The molecular formula is C25H30FN5O2S. The van der Waals surface area contributed by atoms with Crippen molar-refractivity contribution in [1.29, 1.82) is 0 Å². The molecule has 1 fully saturated rings. The predicted octanol–water partition coefficient (Wildman–Crippen LogP) is 3.61. The zero-order valence-electron chi connectivity index (χ0n) is 19.8. The van der Waals surface area contributed by atoms with Crippen molar-refractivity contribution < 1.29 is 13.9 Å². The van der Waals surface area contributed by atoms with E-state index in [4.69, 9.17) is 4.74 Å². The molecule has 0 radical (unpaired) electrons. The van der Waals surface area contributed by atoms with Crippen molar-refractivity contribution in [2.45, 2.75) is 32.0 Å². The number of hydrogen-bond acceptors (Lipinski definition) is 6. The third-order valence-electron chi connectivity index (χ3n) is 5.95. The van der Waals surface area contributed by atoms with Gasteiger partial charge in [0.2, 0.25) is 5.91 Å². The Morgan fingerprint density at radius 2 is 1.94 bits per heavy atom. The SMILES string of the molecule is Cc1ccc(C)c(-n2c(C)nnc2SCC(=O)NCC(c2cccc(F)c2)N2CCOCC2)c1. The van der Waals surface area contributed by atoms with E-state index in [2.05, 4.69) is 38.6 Å². The van der Waals surface area contributed by atoms with Gasteiger partial charge in [0.15, 0.2) is 5.16 Å². The molecule has 2 aromatic carbocycles. The highest BCUT2D eigenvalue weighted by Gasteiger charge is 2.24. The van der Waals surface area contributed by atoms with Gasteiger partial charge < -0.3 is 10.1 Å². The van der Waals surface area contributed by atoms with Crippen LogP contribution >= 0.6 is 11.8 Å². The molecule has 1 aliphatic heterocycles. The van der Waals surface area contributed by atoms with E-state index in [-0.39, 0.29) is 23.5 Å². The van der Waals surface area contributed by atoms with Gasteiger partial charge in [-0.25, -0.2) is 4.39 Å². The number of ether oxygens (including phenoxy) is 1. The first kappa shape index (κ1) is 24.4. The molecule has 0 bridgehead atoms. The fourth-order valence-electron chi connectivity index (χ4n) is 4.13. The Kier molecular flexibility index (Phi) is 7.97. The lowest BCUT2D eigenvalue weighted by Gasteiger charge is -2.35. The number of benzene rings is 2.